The number of amides is 3. The molecule has 3 amide bonds. The minimum atomic E-state index is -0.740. The highest BCUT2D eigenvalue weighted by Crippen LogP contribution is 2.24. The van der Waals surface area contributed by atoms with E-state index < -0.39 is 6.04 Å². The molecule has 9 nitrogen and oxygen atoms in total. The molecule has 4 aromatic carbocycles. The summed E-state index contributed by atoms with van der Waals surface area (Å²) in [6, 6.07) is 27.2. The van der Waals surface area contributed by atoms with Crippen LogP contribution in [-0.4, -0.2) is 71.2 Å². The Morgan fingerprint density at radius 1 is 0.844 bits per heavy atom. The normalized spacial score (nSPS) is 17.2. The van der Waals surface area contributed by atoms with Crippen molar-refractivity contribution in [2.24, 2.45) is 16.5 Å². The topological polar surface area (TPSA) is 134 Å². The number of hydrogen-bond acceptors (Lipinski definition) is 4. The molecule has 5 rings (SSSR count). The summed E-state index contributed by atoms with van der Waals surface area (Å²) in [6.45, 7) is 4.59. The summed E-state index contributed by atoms with van der Waals surface area (Å²) in [5, 5.41) is 7.33. The molecule has 9 heteroatoms. The standard InChI is InChI=1S/C36H42N6O3/c1-24-22-42(35(45)33(40-25(2)43)20-26-13-15-28-8-3-5-10-30(28)18-26)32(12-7-17-39-36(37)38)23-41(24)34(44)21-27-14-16-29-9-4-6-11-31(29)19-27/h3-6,8-11,13-16,18-19,24,32-33H,7,12,17,20-23H2,1-2H3,(H,40,43)(H4,37,38,39)/t24-,32+,33?/m1/s1. The quantitative estimate of drug-likeness (QED) is 0.144. The summed E-state index contributed by atoms with van der Waals surface area (Å²) in [5.74, 6) is -0.378. The summed E-state index contributed by atoms with van der Waals surface area (Å²) < 4.78 is 0. The zero-order valence-electron chi connectivity index (χ0n) is 26.0. The minimum absolute atomic E-state index is 0.0218. The maximum atomic E-state index is 14.2. The molecule has 1 fully saturated rings. The second-order valence-corrected chi connectivity index (χ2v) is 12.0. The monoisotopic (exact) mass is 606 g/mol. The van der Waals surface area contributed by atoms with Gasteiger partial charge < -0.3 is 26.6 Å². The van der Waals surface area contributed by atoms with Gasteiger partial charge in [-0.1, -0.05) is 84.9 Å². The lowest BCUT2D eigenvalue weighted by Gasteiger charge is -2.46. The molecule has 0 radical (unpaired) electrons. The lowest BCUT2D eigenvalue weighted by molar-refractivity contribution is -0.148. The molecule has 5 N–H and O–H groups in total. The van der Waals surface area contributed by atoms with Crippen LogP contribution in [0.25, 0.3) is 21.5 Å². The van der Waals surface area contributed by atoms with E-state index in [0.717, 1.165) is 32.7 Å². The van der Waals surface area contributed by atoms with E-state index in [1.807, 2.05) is 83.5 Å². The van der Waals surface area contributed by atoms with Crippen molar-refractivity contribution >= 4 is 45.2 Å². The Balaban J connectivity index is 1.35. The largest absolute Gasteiger partial charge is 0.370 e. The molecule has 1 unspecified atom stereocenters. The van der Waals surface area contributed by atoms with Gasteiger partial charge in [-0.05, 0) is 52.4 Å². The highest BCUT2D eigenvalue weighted by Gasteiger charge is 2.38. The van der Waals surface area contributed by atoms with E-state index >= 15 is 0 Å². The number of rotatable bonds is 10. The summed E-state index contributed by atoms with van der Waals surface area (Å²) >= 11 is 0. The Labute approximate surface area is 264 Å². The first-order valence-electron chi connectivity index (χ1n) is 15.6. The maximum absolute atomic E-state index is 14.2. The van der Waals surface area contributed by atoms with Crippen LogP contribution in [0.3, 0.4) is 0 Å². The number of carbonyl (C=O) groups is 3. The maximum Gasteiger partial charge on any atom is 0.245 e. The number of hydrogen-bond donors (Lipinski definition) is 3. The predicted octanol–water partition coefficient (Wildman–Crippen LogP) is 3.76. The van der Waals surface area contributed by atoms with Gasteiger partial charge in [0.05, 0.1) is 6.42 Å². The third-order valence-electron chi connectivity index (χ3n) is 8.53. The predicted molar refractivity (Wildman–Crippen MR) is 179 cm³/mol. The lowest BCUT2D eigenvalue weighted by atomic mass is 9.97. The number of guanidine groups is 1. The smallest absolute Gasteiger partial charge is 0.245 e. The van der Waals surface area contributed by atoms with Crippen molar-refractivity contribution in [2.75, 3.05) is 19.6 Å². The summed E-state index contributed by atoms with van der Waals surface area (Å²) in [7, 11) is 0. The third kappa shape index (κ3) is 7.98. The van der Waals surface area contributed by atoms with Crippen LogP contribution in [0.15, 0.2) is 89.9 Å². The van der Waals surface area contributed by atoms with Gasteiger partial charge >= 0.3 is 0 Å². The molecule has 1 saturated heterocycles. The first-order chi connectivity index (χ1) is 21.7. The number of benzene rings is 4. The number of nitrogens with two attached hydrogens (primary N) is 2. The Morgan fingerprint density at radius 3 is 2.07 bits per heavy atom. The number of piperazine rings is 1. The second kappa shape index (κ2) is 14.2. The molecule has 0 aromatic heterocycles. The minimum Gasteiger partial charge on any atom is -0.370 e. The van der Waals surface area contributed by atoms with E-state index in [1.54, 1.807) is 0 Å². The van der Waals surface area contributed by atoms with Crippen LogP contribution in [0.1, 0.15) is 37.8 Å². The highest BCUT2D eigenvalue weighted by atomic mass is 16.2. The van der Waals surface area contributed by atoms with Gasteiger partial charge in [0.2, 0.25) is 17.7 Å². The second-order valence-electron chi connectivity index (χ2n) is 12.0. The molecule has 234 valence electrons. The fraction of sp³-hybridized carbons (Fsp3) is 0.333. The van der Waals surface area contributed by atoms with Crippen molar-refractivity contribution in [3.8, 4) is 0 Å². The SMILES string of the molecule is CC(=O)NC(Cc1ccc2ccccc2c1)C(=O)N1C[C@@H](C)N(C(=O)Cc2ccc3ccccc3c2)C[C@@H]1CCCN=C(N)N. The molecule has 0 bridgehead atoms. The van der Waals surface area contributed by atoms with Crippen molar-refractivity contribution in [3.63, 3.8) is 0 Å². The fourth-order valence-corrected chi connectivity index (χ4v) is 6.31. The average molecular weight is 607 g/mol. The average Bonchev–Trinajstić information content (AvgIpc) is 3.02. The molecule has 0 aliphatic carbocycles. The van der Waals surface area contributed by atoms with Gasteiger partial charge in [0.25, 0.3) is 0 Å². The molecular weight excluding hydrogens is 564 g/mol. The zero-order valence-corrected chi connectivity index (χ0v) is 26.0. The number of fused-ring (bicyclic) bond motifs is 2. The van der Waals surface area contributed by atoms with Gasteiger partial charge in [-0.15, -0.1) is 0 Å². The summed E-state index contributed by atoms with van der Waals surface area (Å²) in [5.41, 5.74) is 13.0. The Bertz CT molecular complexity index is 1720. The van der Waals surface area contributed by atoms with Crippen molar-refractivity contribution < 1.29 is 14.4 Å². The summed E-state index contributed by atoms with van der Waals surface area (Å²) in [4.78, 5) is 48.1. The molecule has 1 aliphatic heterocycles. The highest BCUT2D eigenvalue weighted by molar-refractivity contribution is 5.89. The van der Waals surface area contributed by atoms with E-state index in [-0.39, 0.29) is 42.2 Å². The van der Waals surface area contributed by atoms with Crippen LogP contribution in [0.4, 0.5) is 0 Å². The van der Waals surface area contributed by atoms with E-state index in [0.29, 0.717) is 38.9 Å². The van der Waals surface area contributed by atoms with Gasteiger partial charge in [-0.2, -0.15) is 0 Å². The molecular formula is C36H42N6O3. The van der Waals surface area contributed by atoms with Crippen LogP contribution in [0.5, 0.6) is 0 Å². The zero-order chi connectivity index (χ0) is 31.9. The number of nitrogens with zero attached hydrogens (tertiary/aromatic N) is 3. The Morgan fingerprint density at radius 2 is 1.44 bits per heavy atom. The molecule has 3 atom stereocenters. The van der Waals surface area contributed by atoms with Crippen LogP contribution in [0.2, 0.25) is 0 Å². The van der Waals surface area contributed by atoms with Crippen LogP contribution < -0.4 is 16.8 Å². The van der Waals surface area contributed by atoms with Crippen LogP contribution in [-0.2, 0) is 27.2 Å². The van der Waals surface area contributed by atoms with Crippen molar-refractivity contribution in [1.29, 1.82) is 0 Å². The number of carbonyl (C=O) groups excluding carboxylic acids is 3. The molecule has 1 aliphatic rings. The molecule has 4 aromatic rings. The van der Waals surface area contributed by atoms with Gasteiger partial charge in [0, 0.05) is 45.1 Å². The van der Waals surface area contributed by atoms with Gasteiger partial charge in [-0.3, -0.25) is 19.4 Å². The van der Waals surface area contributed by atoms with Crippen molar-refractivity contribution in [3.05, 3.63) is 96.1 Å². The number of nitrogens with one attached hydrogen (secondary N) is 1. The van der Waals surface area contributed by atoms with Gasteiger partial charge in [-0.25, -0.2) is 0 Å². The Hall–Kier alpha value is -4.92. The third-order valence-corrected chi connectivity index (χ3v) is 8.53. The van der Waals surface area contributed by atoms with Gasteiger partial charge in [0.15, 0.2) is 5.96 Å². The molecule has 0 saturated carbocycles. The van der Waals surface area contributed by atoms with E-state index in [4.69, 9.17) is 11.5 Å². The van der Waals surface area contributed by atoms with E-state index in [1.165, 1.54) is 6.92 Å². The number of aliphatic imine (C=N–C) groups is 1. The Kier molecular flexibility index (Phi) is 9.97. The van der Waals surface area contributed by atoms with Crippen molar-refractivity contribution in [1.82, 2.24) is 15.1 Å². The summed E-state index contributed by atoms with van der Waals surface area (Å²) in [6.07, 6.45) is 1.89. The van der Waals surface area contributed by atoms with E-state index in [9.17, 15) is 14.4 Å². The fourth-order valence-electron chi connectivity index (χ4n) is 6.31. The lowest BCUT2D eigenvalue weighted by Crippen LogP contribution is -2.63. The van der Waals surface area contributed by atoms with E-state index in [2.05, 4.69) is 28.5 Å². The molecule has 0 spiro atoms. The molecule has 45 heavy (non-hydrogen) atoms. The first-order valence-corrected chi connectivity index (χ1v) is 15.6. The molecule has 1 heterocycles. The first kappa shape index (κ1) is 31.5. The van der Waals surface area contributed by atoms with Gasteiger partial charge in [0.1, 0.15) is 6.04 Å². The van der Waals surface area contributed by atoms with Crippen LogP contribution in [0, 0.1) is 0 Å². The van der Waals surface area contributed by atoms with Crippen LogP contribution >= 0.6 is 0 Å². The van der Waals surface area contributed by atoms with Crippen molar-refractivity contribution in [2.45, 2.75) is 57.7 Å².